The van der Waals surface area contributed by atoms with Crippen LogP contribution in [0.25, 0.3) is 11.2 Å². The third-order valence-electron chi connectivity index (χ3n) is 2.94. The number of ether oxygens (including phenoxy) is 1. The first-order valence-corrected chi connectivity index (χ1v) is 9.72. The molecule has 0 spiro atoms. The second-order valence-electron chi connectivity index (χ2n) is 5.33. The summed E-state index contributed by atoms with van der Waals surface area (Å²) in [5.41, 5.74) is 7.10. The normalized spacial score (nSPS) is 12.7. The standard InChI is InChI=1S/C12H20N5O2P.C2H4/c1-9(4-5-19-8-20(2,3)18)17-7-16-10-11(13)14-6-15-12(10)17;1-2/h6-7,9H,4-5,8H2,1-3H3,(H2,13,14,15);1-2H2. The average molecular weight is 325 g/mol. The van der Waals surface area contributed by atoms with E-state index in [2.05, 4.69) is 35.0 Å². The number of anilines is 1. The molecule has 0 amide bonds. The van der Waals surface area contributed by atoms with Gasteiger partial charge in [0.2, 0.25) is 0 Å². The van der Waals surface area contributed by atoms with Crippen LogP contribution in [0, 0.1) is 0 Å². The molecule has 0 aliphatic heterocycles. The zero-order chi connectivity index (χ0) is 16.8. The molecule has 1 atom stereocenters. The van der Waals surface area contributed by atoms with Gasteiger partial charge in [-0.25, -0.2) is 15.0 Å². The number of aromatic nitrogens is 4. The molecule has 0 aromatic carbocycles. The van der Waals surface area contributed by atoms with Crippen LogP contribution < -0.4 is 5.73 Å². The summed E-state index contributed by atoms with van der Waals surface area (Å²) in [6, 6.07) is 0.169. The number of nitrogens with two attached hydrogens (primary N) is 1. The molecular formula is C14H24N5O2P. The first kappa shape index (κ1) is 18.3. The van der Waals surface area contributed by atoms with Crippen molar-refractivity contribution >= 4 is 24.1 Å². The Kier molecular flexibility index (Phi) is 6.71. The van der Waals surface area contributed by atoms with Gasteiger partial charge in [0.25, 0.3) is 0 Å². The summed E-state index contributed by atoms with van der Waals surface area (Å²) in [6.07, 6.45) is 4.25. The summed E-state index contributed by atoms with van der Waals surface area (Å²) in [4.78, 5) is 12.4. The Hall–Kier alpha value is -1.72. The number of fused-ring (bicyclic) bond motifs is 1. The molecule has 0 radical (unpaired) electrons. The number of rotatable bonds is 6. The van der Waals surface area contributed by atoms with Crippen LogP contribution in [0.2, 0.25) is 0 Å². The largest absolute Gasteiger partial charge is 0.382 e. The lowest BCUT2D eigenvalue weighted by Crippen LogP contribution is -2.09. The lowest BCUT2D eigenvalue weighted by Gasteiger charge is -2.14. The summed E-state index contributed by atoms with van der Waals surface area (Å²) in [7, 11) is -2.11. The zero-order valence-electron chi connectivity index (χ0n) is 13.4. The van der Waals surface area contributed by atoms with Crippen molar-refractivity contribution in [2.24, 2.45) is 0 Å². The van der Waals surface area contributed by atoms with Crippen molar-refractivity contribution in [3.63, 3.8) is 0 Å². The molecule has 0 aliphatic carbocycles. The minimum atomic E-state index is -2.11. The highest BCUT2D eigenvalue weighted by Gasteiger charge is 2.13. The van der Waals surface area contributed by atoms with Crippen molar-refractivity contribution in [3.8, 4) is 0 Å². The number of nitrogens with zero attached hydrogens (tertiary/aromatic N) is 4. The van der Waals surface area contributed by atoms with Gasteiger partial charge in [0.15, 0.2) is 11.5 Å². The van der Waals surface area contributed by atoms with Gasteiger partial charge in [-0.05, 0) is 26.7 Å². The Morgan fingerprint density at radius 1 is 1.36 bits per heavy atom. The van der Waals surface area contributed by atoms with Crippen LogP contribution in [0.5, 0.6) is 0 Å². The monoisotopic (exact) mass is 325 g/mol. The molecule has 2 heterocycles. The van der Waals surface area contributed by atoms with Crippen molar-refractivity contribution in [1.82, 2.24) is 19.5 Å². The smallest absolute Gasteiger partial charge is 0.165 e. The van der Waals surface area contributed by atoms with Crippen LogP contribution in [0.15, 0.2) is 25.8 Å². The van der Waals surface area contributed by atoms with Crippen LogP contribution in [0.1, 0.15) is 19.4 Å². The molecule has 2 aromatic heterocycles. The first-order chi connectivity index (χ1) is 10.4. The molecule has 7 nitrogen and oxygen atoms in total. The van der Waals surface area contributed by atoms with Crippen molar-refractivity contribution in [3.05, 3.63) is 25.8 Å². The van der Waals surface area contributed by atoms with E-state index in [1.54, 1.807) is 19.7 Å². The second-order valence-corrected chi connectivity index (χ2v) is 8.74. The van der Waals surface area contributed by atoms with E-state index in [9.17, 15) is 4.57 Å². The summed E-state index contributed by atoms with van der Waals surface area (Å²) in [6.45, 7) is 12.0. The van der Waals surface area contributed by atoms with E-state index in [0.29, 0.717) is 24.3 Å². The highest BCUT2D eigenvalue weighted by Crippen LogP contribution is 2.35. The van der Waals surface area contributed by atoms with Crippen LogP contribution in [-0.2, 0) is 9.30 Å². The molecule has 2 N–H and O–H groups in total. The molecule has 0 saturated carbocycles. The molecule has 0 fully saturated rings. The van der Waals surface area contributed by atoms with Gasteiger partial charge in [0.1, 0.15) is 19.0 Å². The van der Waals surface area contributed by atoms with Gasteiger partial charge >= 0.3 is 0 Å². The molecule has 122 valence electrons. The molecule has 2 rings (SSSR count). The predicted molar refractivity (Wildman–Crippen MR) is 90.6 cm³/mol. The first-order valence-electron chi connectivity index (χ1n) is 6.93. The van der Waals surface area contributed by atoms with Gasteiger partial charge in [0, 0.05) is 12.6 Å². The van der Waals surface area contributed by atoms with Gasteiger partial charge in [-0.1, -0.05) is 0 Å². The van der Waals surface area contributed by atoms with E-state index in [1.165, 1.54) is 6.33 Å². The van der Waals surface area contributed by atoms with Crippen LogP contribution in [-0.4, -0.2) is 45.8 Å². The Bertz CT molecular complexity index is 652. The second kappa shape index (κ2) is 8.06. The van der Waals surface area contributed by atoms with Crippen molar-refractivity contribution in [2.45, 2.75) is 19.4 Å². The van der Waals surface area contributed by atoms with E-state index in [1.807, 2.05) is 4.57 Å². The van der Waals surface area contributed by atoms with Gasteiger partial charge in [0.05, 0.1) is 12.7 Å². The van der Waals surface area contributed by atoms with E-state index < -0.39 is 7.14 Å². The Morgan fingerprint density at radius 2 is 2.05 bits per heavy atom. The number of hydrogen-bond donors (Lipinski definition) is 1. The fourth-order valence-corrected chi connectivity index (χ4v) is 2.44. The SMILES string of the molecule is C=C.CC(CCOCP(C)(C)=O)n1cnc2c(N)ncnc21. The maximum Gasteiger partial charge on any atom is 0.165 e. The fourth-order valence-electron chi connectivity index (χ4n) is 1.87. The molecule has 2 aromatic rings. The maximum atomic E-state index is 11.5. The predicted octanol–water partition coefficient (Wildman–Crippen LogP) is 2.76. The van der Waals surface area contributed by atoms with Gasteiger partial charge in [-0.15, -0.1) is 13.2 Å². The number of nitrogen functional groups attached to an aromatic ring is 1. The molecule has 0 bridgehead atoms. The maximum absolute atomic E-state index is 11.5. The van der Waals surface area contributed by atoms with Crippen molar-refractivity contribution in [1.29, 1.82) is 0 Å². The van der Waals surface area contributed by atoms with E-state index >= 15 is 0 Å². The average Bonchev–Trinajstić information content (AvgIpc) is 2.90. The van der Waals surface area contributed by atoms with Crippen LogP contribution in [0.4, 0.5) is 5.82 Å². The molecule has 0 aliphatic rings. The lowest BCUT2D eigenvalue weighted by atomic mass is 10.2. The van der Waals surface area contributed by atoms with E-state index in [-0.39, 0.29) is 6.04 Å². The van der Waals surface area contributed by atoms with Crippen molar-refractivity contribution in [2.75, 3.05) is 32.0 Å². The van der Waals surface area contributed by atoms with E-state index in [0.717, 1.165) is 12.1 Å². The zero-order valence-corrected chi connectivity index (χ0v) is 14.3. The summed E-state index contributed by atoms with van der Waals surface area (Å²) in [5.74, 6) is 0.384. The van der Waals surface area contributed by atoms with Crippen LogP contribution in [0.3, 0.4) is 0 Å². The minimum Gasteiger partial charge on any atom is -0.382 e. The lowest BCUT2D eigenvalue weighted by molar-refractivity contribution is 0.161. The fraction of sp³-hybridized carbons (Fsp3) is 0.500. The molecule has 8 heteroatoms. The summed E-state index contributed by atoms with van der Waals surface area (Å²) in [5, 5.41) is 0. The Morgan fingerprint density at radius 3 is 2.68 bits per heavy atom. The Labute approximate surface area is 131 Å². The Balaban J connectivity index is 0.00000116. The highest BCUT2D eigenvalue weighted by molar-refractivity contribution is 7.62. The van der Waals surface area contributed by atoms with E-state index in [4.69, 9.17) is 10.5 Å². The van der Waals surface area contributed by atoms with Gasteiger partial charge < -0.3 is 19.6 Å². The van der Waals surface area contributed by atoms with Crippen LogP contribution >= 0.6 is 7.14 Å². The van der Waals surface area contributed by atoms with Crippen molar-refractivity contribution < 1.29 is 9.30 Å². The third kappa shape index (κ3) is 4.93. The number of hydrogen-bond acceptors (Lipinski definition) is 6. The minimum absolute atomic E-state index is 0.169. The summed E-state index contributed by atoms with van der Waals surface area (Å²) >= 11 is 0. The number of imidazole rings is 1. The molecule has 1 unspecified atom stereocenters. The molecule has 0 saturated heterocycles. The third-order valence-corrected chi connectivity index (χ3v) is 3.75. The topological polar surface area (TPSA) is 95.9 Å². The summed E-state index contributed by atoms with van der Waals surface area (Å²) < 4.78 is 18.9. The van der Waals surface area contributed by atoms with Gasteiger partial charge in [-0.2, -0.15) is 0 Å². The quantitative estimate of drug-likeness (QED) is 0.498. The highest BCUT2D eigenvalue weighted by atomic mass is 31.2. The van der Waals surface area contributed by atoms with Gasteiger partial charge in [-0.3, -0.25) is 0 Å². The molecular weight excluding hydrogens is 301 g/mol. The molecule has 22 heavy (non-hydrogen) atoms.